The quantitative estimate of drug-likeness (QED) is 0.838. The summed E-state index contributed by atoms with van der Waals surface area (Å²) < 4.78 is 0. The first-order chi connectivity index (χ1) is 9.26. The van der Waals surface area contributed by atoms with Crippen molar-refractivity contribution < 1.29 is 5.11 Å². The normalized spacial score (nSPS) is 19.9. The fourth-order valence-electron chi connectivity index (χ4n) is 2.67. The maximum Gasteiger partial charge on any atom is 0.133 e. The number of aryl methyl sites for hydroxylation is 1. The highest BCUT2D eigenvalue weighted by molar-refractivity contribution is 5.49. The summed E-state index contributed by atoms with van der Waals surface area (Å²) in [5.41, 5.74) is 2.48. The third-order valence-corrected chi connectivity index (χ3v) is 3.88. The highest BCUT2D eigenvalue weighted by Crippen LogP contribution is 2.28. The van der Waals surface area contributed by atoms with Gasteiger partial charge in [-0.25, -0.2) is 9.97 Å². The van der Waals surface area contributed by atoms with Gasteiger partial charge in [-0.2, -0.15) is 0 Å². The van der Waals surface area contributed by atoms with Crippen molar-refractivity contribution in [3.8, 4) is 0 Å². The number of hydrogen-bond donors (Lipinski definition) is 2. The average molecular weight is 262 g/mol. The van der Waals surface area contributed by atoms with E-state index < -0.39 is 0 Å². The van der Waals surface area contributed by atoms with Crippen molar-refractivity contribution in [3.63, 3.8) is 0 Å². The molecule has 0 spiro atoms. The number of nitrogens with one attached hydrogen (secondary N) is 1. The molecule has 1 fully saturated rings. The lowest BCUT2D eigenvalue weighted by molar-refractivity contribution is 0.201. The summed E-state index contributed by atoms with van der Waals surface area (Å²) in [5, 5.41) is 12.6. The molecule has 1 aliphatic heterocycles. The van der Waals surface area contributed by atoms with Gasteiger partial charge in [0.1, 0.15) is 11.6 Å². The van der Waals surface area contributed by atoms with Crippen LogP contribution < -0.4 is 5.32 Å². The Morgan fingerprint density at radius 2 is 2.05 bits per heavy atom. The number of anilines is 1. The first-order valence-electron chi connectivity index (χ1n) is 7.22. The Morgan fingerprint density at radius 3 is 2.79 bits per heavy atom. The molecule has 0 aromatic carbocycles. The molecule has 2 heterocycles. The van der Waals surface area contributed by atoms with Gasteiger partial charge in [-0.15, -0.1) is 0 Å². The Balaban J connectivity index is 1.82. The summed E-state index contributed by atoms with van der Waals surface area (Å²) in [5.74, 6) is 1.91. The van der Waals surface area contributed by atoms with Crippen LogP contribution in [-0.2, 0) is 12.8 Å². The summed E-state index contributed by atoms with van der Waals surface area (Å²) >= 11 is 0. The topological polar surface area (TPSA) is 61.3 Å². The monoisotopic (exact) mass is 262 g/mol. The molecule has 1 aliphatic carbocycles. The minimum Gasteiger partial charge on any atom is -0.395 e. The number of aromatic nitrogens is 2. The lowest BCUT2D eigenvalue weighted by Gasteiger charge is -2.17. The van der Waals surface area contributed by atoms with Gasteiger partial charge < -0.3 is 15.3 Å². The molecule has 0 amide bonds. The van der Waals surface area contributed by atoms with Gasteiger partial charge in [0.25, 0.3) is 0 Å². The molecule has 0 unspecified atom stereocenters. The first-order valence-corrected chi connectivity index (χ1v) is 7.22. The molecular formula is C14H22N4O. The van der Waals surface area contributed by atoms with Crippen molar-refractivity contribution in [2.45, 2.75) is 38.6 Å². The van der Waals surface area contributed by atoms with Crippen molar-refractivity contribution in [1.82, 2.24) is 14.9 Å². The highest BCUT2D eigenvalue weighted by atomic mass is 16.3. The highest BCUT2D eigenvalue weighted by Gasteiger charge is 2.25. The molecule has 5 heteroatoms. The molecule has 0 saturated heterocycles. The zero-order valence-electron chi connectivity index (χ0n) is 11.5. The van der Waals surface area contributed by atoms with E-state index in [0.717, 1.165) is 44.1 Å². The molecular weight excluding hydrogens is 240 g/mol. The summed E-state index contributed by atoms with van der Waals surface area (Å²) in [6, 6.07) is 0.621. The average Bonchev–Trinajstić information content (AvgIpc) is 3.18. The zero-order chi connectivity index (χ0) is 13.2. The maximum absolute atomic E-state index is 9.07. The van der Waals surface area contributed by atoms with Gasteiger partial charge in [0.2, 0.25) is 0 Å². The van der Waals surface area contributed by atoms with Crippen molar-refractivity contribution in [2.24, 2.45) is 0 Å². The first kappa shape index (κ1) is 12.8. The second-order valence-corrected chi connectivity index (χ2v) is 5.53. The van der Waals surface area contributed by atoms with Gasteiger partial charge in [-0.1, -0.05) is 0 Å². The van der Waals surface area contributed by atoms with Crippen molar-refractivity contribution in [2.75, 3.05) is 31.6 Å². The van der Waals surface area contributed by atoms with E-state index in [4.69, 9.17) is 5.11 Å². The Morgan fingerprint density at radius 1 is 1.26 bits per heavy atom. The number of rotatable bonds is 4. The predicted molar refractivity (Wildman–Crippen MR) is 74.3 cm³/mol. The van der Waals surface area contributed by atoms with Gasteiger partial charge in [-0.05, 0) is 26.2 Å². The Labute approximate surface area is 114 Å². The fraction of sp³-hybridized carbons (Fsp3) is 0.714. The van der Waals surface area contributed by atoms with E-state index in [1.54, 1.807) is 0 Å². The molecule has 3 rings (SSSR count). The summed E-state index contributed by atoms with van der Waals surface area (Å²) in [4.78, 5) is 11.5. The van der Waals surface area contributed by atoms with Gasteiger partial charge in [0.15, 0.2) is 0 Å². The minimum atomic E-state index is 0.230. The number of β-amino-alcohol motifs (C(OH)–C–C–N with tert-alkyl or cyclic N) is 1. The molecule has 5 nitrogen and oxygen atoms in total. The standard InChI is InChI=1S/C14H22N4O/c1-10-15-13-5-7-18(8-9-19)6-4-12(13)14(16-10)17-11-2-3-11/h11,19H,2-9H2,1H3,(H,15,16,17). The Hall–Kier alpha value is -1.20. The summed E-state index contributed by atoms with van der Waals surface area (Å²) in [7, 11) is 0. The van der Waals surface area contributed by atoms with Gasteiger partial charge in [-0.3, -0.25) is 0 Å². The van der Waals surface area contributed by atoms with E-state index in [0.29, 0.717) is 6.04 Å². The molecule has 1 saturated carbocycles. The predicted octanol–water partition coefficient (Wildman–Crippen LogP) is 0.752. The van der Waals surface area contributed by atoms with Gasteiger partial charge >= 0.3 is 0 Å². The Bertz CT molecular complexity index is 459. The molecule has 19 heavy (non-hydrogen) atoms. The van der Waals surface area contributed by atoms with Crippen LogP contribution in [0.3, 0.4) is 0 Å². The number of nitrogens with zero attached hydrogens (tertiary/aromatic N) is 3. The molecule has 0 atom stereocenters. The van der Waals surface area contributed by atoms with Crippen LogP contribution in [0.5, 0.6) is 0 Å². The van der Waals surface area contributed by atoms with Crippen molar-refractivity contribution in [3.05, 3.63) is 17.1 Å². The van der Waals surface area contributed by atoms with Crippen molar-refractivity contribution in [1.29, 1.82) is 0 Å². The van der Waals surface area contributed by atoms with E-state index in [-0.39, 0.29) is 6.61 Å². The van der Waals surface area contributed by atoms with E-state index in [2.05, 4.69) is 20.2 Å². The van der Waals surface area contributed by atoms with Gasteiger partial charge in [0.05, 0.1) is 12.3 Å². The molecule has 1 aromatic heterocycles. The summed E-state index contributed by atoms with van der Waals surface area (Å²) in [6.45, 7) is 4.92. The number of hydrogen-bond acceptors (Lipinski definition) is 5. The molecule has 0 bridgehead atoms. The van der Waals surface area contributed by atoms with Crippen LogP contribution in [0.25, 0.3) is 0 Å². The SMILES string of the molecule is Cc1nc2c(c(NC3CC3)n1)CCN(CCO)CC2. The zero-order valence-corrected chi connectivity index (χ0v) is 11.5. The molecule has 1 aromatic rings. The van der Waals surface area contributed by atoms with E-state index in [9.17, 15) is 0 Å². The third kappa shape index (κ3) is 3.04. The fourth-order valence-corrected chi connectivity index (χ4v) is 2.67. The number of fused-ring (bicyclic) bond motifs is 1. The number of aliphatic hydroxyl groups is 1. The van der Waals surface area contributed by atoms with Crippen LogP contribution in [0, 0.1) is 6.92 Å². The lowest BCUT2D eigenvalue weighted by atomic mass is 10.1. The van der Waals surface area contributed by atoms with Crippen LogP contribution in [0.4, 0.5) is 5.82 Å². The number of aliphatic hydroxyl groups excluding tert-OH is 1. The smallest absolute Gasteiger partial charge is 0.133 e. The molecule has 0 radical (unpaired) electrons. The van der Waals surface area contributed by atoms with E-state index in [1.807, 2.05) is 6.92 Å². The van der Waals surface area contributed by atoms with Crippen LogP contribution in [-0.4, -0.2) is 52.3 Å². The van der Waals surface area contributed by atoms with E-state index >= 15 is 0 Å². The van der Waals surface area contributed by atoms with Crippen molar-refractivity contribution >= 4 is 5.82 Å². The lowest BCUT2D eigenvalue weighted by Crippen LogP contribution is -2.29. The van der Waals surface area contributed by atoms with Crippen LogP contribution in [0.1, 0.15) is 29.9 Å². The van der Waals surface area contributed by atoms with Crippen LogP contribution >= 0.6 is 0 Å². The van der Waals surface area contributed by atoms with E-state index in [1.165, 1.54) is 24.1 Å². The largest absolute Gasteiger partial charge is 0.395 e. The maximum atomic E-state index is 9.07. The molecule has 104 valence electrons. The molecule has 2 N–H and O–H groups in total. The van der Waals surface area contributed by atoms with Gasteiger partial charge in [0, 0.05) is 37.7 Å². The summed E-state index contributed by atoms with van der Waals surface area (Å²) in [6.07, 6.45) is 4.45. The van der Waals surface area contributed by atoms with Crippen LogP contribution in [0.2, 0.25) is 0 Å². The Kier molecular flexibility index (Phi) is 3.66. The molecule has 2 aliphatic rings. The minimum absolute atomic E-state index is 0.230. The third-order valence-electron chi connectivity index (χ3n) is 3.88. The second-order valence-electron chi connectivity index (χ2n) is 5.53. The second kappa shape index (κ2) is 5.43. The van der Waals surface area contributed by atoms with Crippen LogP contribution in [0.15, 0.2) is 0 Å².